The number of allylic oxidation sites excluding steroid dienone is 1. The Hall–Kier alpha value is -1.48. The quantitative estimate of drug-likeness (QED) is 0.263. The van der Waals surface area contributed by atoms with Gasteiger partial charge in [0.2, 0.25) is 0 Å². The van der Waals surface area contributed by atoms with Crippen LogP contribution in [0.15, 0.2) is 25.3 Å². The van der Waals surface area contributed by atoms with Gasteiger partial charge in [0, 0.05) is 25.8 Å². The summed E-state index contributed by atoms with van der Waals surface area (Å²) in [6.45, 7) is 17.8. The van der Waals surface area contributed by atoms with Crippen LogP contribution in [0.2, 0.25) is 18.1 Å². The first-order valence-corrected chi connectivity index (χ1v) is 14.4. The third-order valence-electron chi connectivity index (χ3n) is 6.65. The molecule has 1 N–H and O–H groups in total. The summed E-state index contributed by atoms with van der Waals surface area (Å²) in [5.41, 5.74) is -1.15. The second kappa shape index (κ2) is 11.1. The number of hydrogen-bond donors (Lipinski definition) is 1. The largest absolute Gasteiger partial charge is 0.459 e. The van der Waals surface area contributed by atoms with E-state index in [4.69, 9.17) is 18.6 Å². The Morgan fingerprint density at radius 1 is 1.09 bits per heavy atom. The summed E-state index contributed by atoms with van der Waals surface area (Å²) in [4.78, 5) is 26.1. The predicted octanol–water partition coefficient (Wildman–Crippen LogP) is 4.24. The first kappa shape index (κ1) is 26.8. The molecule has 0 radical (unpaired) electrons. The van der Waals surface area contributed by atoms with Crippen molar-refractivity contribution >= 4 is 20.2 Å². The van der Waals surface area contributed by atoms with E-state index in [1.807, 2.05) is 13.8 Å². The maximum Gasteiger partial charge on any atom is 0.306 e. The highest BCUT2D eigenvalue weighted by atomic mass is 28.4. The lowest BCUT2D eigenvalue weighted by atomic mass is 9.79. The first-order valence-electron chi connectivity index (χ1n) is 11.8. The van der Waals surface area contributed by atoms with Gasteiger partial charge < -0.3 is 24.0 Å². The van der Waals surface area contributed by atoms with E-state index in [0.717, 1.165) is 18.1 Å². The molecule has 0 aromatic carbocycles. The fraction of sp³-hybridized carbons (Fsp3) is 0.750. The zero-order valence-corrected chi connectivity index (χ0v) is 21.4. The lowest BCUT2D eigenvalue weighted by Gasteiger charge is -2.47. The number of esters is 1. The monoisotopic (exact) mass is 467 g/mol. The molecule has 1 unspecified atom stereocenters. The molecule has 0 spiro atoms. The third kappa shape index (κ3) is 6.10. The van der Waals surface area contributed by atoms with Gasteiger partial charge in [-0.05, 0) is 38.4 Å². The molecular formula is C24H41NO6Si. The molecule has 1 saturated carbocycles. The molecular weight excluding hydrogens is 426 g/mol. The number of nitrogens with one attached hydrogen (secondary N) is 1. The van der Waals surface area contributed by atoms with Gasteiger partial charge in [0.15, 0.2) is 14.1 Å². The van der Waals surface area contributed by atoms with Crippen molar-refractivity contribution in [2.24, 2.45) is 0 Å². The van der Waals surface area contributed by atoms with Crippen molar-refractivity contribution in [1.29, 1.82) is 0 Å². The van der Waals surface area contributed by atoms with E-state index in [-0.39, 0.29) is 24.7 Å². The summed E-state index contributed by atoms with van der Waals surface area (Å²) < 4.78 is 25.1. The maximum absolute atomic E-state index is 13.5. The molecule has 0 aromatic heterocycles. The van der Waals surface area contributed by atoms with E-state index in [2.05, 4.69) is 39.2 Å². The minimum Gasteiger partial charge on any atom is -0.459 e. The molecule has 2 aliphatic rings. The lowest BCUT2D eigenvalue weighted by Crippen LogP contribution is -2.63. The zero-order valence-electron chi connectivity index (χ0n) is 20.4. The minimum absolute atomic E-state index is 0.205. The molecule has 1 aliphatic heterocycles. The molecule has 1 amide bonds. The van der Waals surface area contributed by atoms with Crippen molar-refractivity contribution in [3.05, 3.63) is 25.3 Å². The molecule has 7 nitrogen and oxygen atoms in total. The Kier molecular flexibility index (Phi) is 9.28. The van der Waals surface area contributed by atoms with Crippen LogP contribution in [0.25, 0.3) is 0 Å². The fourth-order valence-electron chi connectivity index (χ4n) is 4.76. The van der Waals surface area contributed by atoms with Crippen molar-refractivity contribution in [3.63, 3.8) is 0 Å². The minimum atomic E-state index is -2.19. The van der Waals surface area contributed by atoms with Gasteiger partial charge in [0.05, 0.1) is 6.10 Å². The number of fused-ring (bicyclic) bond motifs is 1. The van der Waals surface area contributed by atoms with Crippen LogP contribution in [-0.2, 0) is 28.2 Å². The van der Waals surface area contributed by atoms with Crippen LogP contribution in [0, 0.1) is 0 Å². The third-order valence-corrected chi connectivity index (χ3v) is 11.3. The summed E-state index contributed by atoms with van der Waals surface area (Å²) in [5, 5.41) is 2.94. The van der Waals surface area contributed by atoms with Crippen LogP contribution in [0.3, 0.4) is 0 Å². The van der Waals surface area contributed by atoms with E-state index in [1.54, 1.807) is 12.2 Å². The SMILES string of the molecule is C=CCCC(=O)OC1C[C@](O[Si](CC)(CC)CC)(C(=O)NCC=C)C[C@H]2OC(C)(C)O[C@@H]12. The Labute approximate surface area is 194 Å². The predicted molar refractivity (Wildman–Crippen MR) is 127 cm³/mol. The average molecular weight is 468 g/mol. The van der Waals surface area contributed by atoms with E-state index >= 15 is 0 Å². The maximum atomic E-state index is 13.5. The molecule has 0 aromatic rings. The topological polar surface area (TPSA) is 83.1 Å². The number of rotatable bonds is 12. The van der Waals surface area contributed by atoms with E-state index < -0.39 is 38.0 Å². The van der Waals surface area contributed by atoms with E-state index in [0.29, 0.717) is 19.4 Å². The Bertz CT molecular complexity index is 684. The van der Waals surface area contributed by atoms with Gasteiger partial charge in [0.1, 0.15) is 17.8 Å². The fourth-order valence-corrected chi connectivity index (χ4v) is 7.79. The van der Waals surface area contributed by atoms with Crippen molar-refractivity contribution in [2.75, 3.05) is 6.54 Å². The van der Waals surface area contributed by atoms with Gasteiger partial charge in [-0.25, -0.2) is 0 Å². The number of amides is 1. The normalized spacial score (nSPS) is 29.1. The second-order valence-electron chi connectivity index (χ2n) is 9.24. The van der Waals surface area contributed by atoms with Crippen molar-refractivity contribution in [3.8, 4) is 0 Å². The number of carbonyl (C=O) groups excluding carboxylic acids is 2. The van der Waals surface area contributed by atoms with E-state index in [1.165, 1.54) is 0 Å². The summed E-state index contributed by atoms with van der Waals surface area (Å²) in [7, 11) is -2.19. The van der Waals surface area contributed by atoms with Gasteiger partial charge in [-0.1, -0.05) is 32.9 Å². The summed E-state index contributed by atoms with van der Waals surface area (Å²) >= 11 is 0. The van der Waals surface area contributed by atoms with Crippen LogP contribution in [-0.4, -0.2) is 56.4 Å². The number of ether oxygens (including phenoxy) is 3. The molecule has 1 saturated heterocycles. The van der Waals surface area contributed by atoms with Crippen LogP contribution in [0.5, 0.6) is 0 Å². The van der Waals surface area contributed by atoms with Gasteiger partial charge in [-0.3, -0.25) is 9.59 Å². The molecule has 2 rings (SSSR count). The number of hydrogen-bond acceptors (Lipinski definition) is 6. The lowest BCUT2D eigenvalue weighted by molar-refractivity contribution is -0.178. The zero-order chi connectivity index (χ0) is 24.0. The van der Waals surface area contributed by atoms with Gasteiger partial charge in [-0.15, -0.1) is 13.2 Å². The Morgan fingerprint density at radius 3 is 2.31 bits per heavy atom. The number of carbonyl (C=O) groups is 2. The standard InChI is InChI=1S/C24H41NO6Si/c1-8-13-14-20(26)28-18-16-24(22(27)25-15-9-2,31-32(10-3,11-4)12-5)17-19-21(18)30-23(6,7)29-19/h8-9,18-19,21H,1-2,10-17H2,3-7H3,(H,25,27)/t18?,19-,21+,24-/m1/s1. The van der Waals surface area contributed by atoms with Gasteiger partial charge >= 0.3 is 5.97 Å². The van der Waals surface area contributed by atoms with E-state index in [9.17, 15) is 9.59 Å². The summed E-state index contributed by atoms with van der Waals surface area (Å²) in [6, 6.07) is 2.70. The molecule has 182 valence electrons. The second-order valence-corrected chi connectivity index (χ2v) is 13.9. The average Bonchev–Trinajstić information content (AvgIpc) is 3.08. The van der Waals surface area contributed by atoms with Crippen LogP contribution in [0.1, 0.15) is 60.3 Å². The molecule has 2 fully saturated rings. The molecule has 4 atom stereocenters. The van der Waals surface area contributed by atoms with Crippen LogP contribution >= 0.6 is 0 Å². The molecule has 1 aliphatic carbocycles. The van der Waals surface area contributed by atoms with Crippen LogP contribution in [0.4, 0.5) is 0 Å². The van der Waals surface area contributed by atoms with Crippen molar-refractivity contribution in [1.82, 2.24) is 5.32 Å². The highest BCUT2D eigenvalue weighted by Crippen LogP contribution is 2.46. The van der Waals surface area contributed by atoms with Crippen LogP contribution < -0.4 is 5.32 Å². The Balaban J connectivity index is 2.44. The highest BCUT2D eigenvalue weighted by Gasteiger charge is 2.60. The molecule has 0 bridgehead atoms. The molecule has 32 heavy (non-hydrogen) atoms. The van der Waals surface area contributed by atoms with Crippen molar-refractivity contribution < 1.29 is 28.2 Å². The van der Waals surface area contributed by atoms with Crippen molar-refractivity contribution in [2.45, 2.75) is 108 Å². The Morgan fingerprint density at radius 2 is 1.75 bits per heavy atom. The molecule has 8 heteroatoms. The highest BCUT2D eigenvalue weighted by molar-refractivity contribution is 6.73. The van der Waals surface area contributed by atoms with Gasteiger partial charge in [-0.2, -0.15) is 0 Å². The summed E-state index contributed by atoms with van der Waals surface area (Å²) in [6.07, 6.45) is 3.20. The summed E-state index contributed by atoms with van der Waals surface area (Å²) in [5.74, 6) is -1.37. The molecule has 1 heterocycles. The smallest absolute Gasteiger partial charge is 0.306 e. The first-order chi connectivity index (χ1) is 15.1. The van der Waals surface area contributed by atoms with Gasteiger partial charge in [0.25, 0.3) is 5.91 Å².